The maximum Gasteiger partial charge on any atom is 0.124 e. The molecule has 0 aliphatic carbocycles. The molecule has 20 heavy (non-hydrogen) atoms. The van der Waals surface area contributed by atoms with Crippen LogP contribution in [0.15, 0.2) is 45.6 Å². The topological polar surface area (TPSA) is 38.5 Å². The van der Waals surface area contributed by atoms with E-state index in [1.807, 2.05) is 6.07 Å². The predicted octanol–water partition coefficient (Wildman–Crippen LogP) is 3.40. The van der Waals surface area contributed by atoms with Crippen molar-refractivity contribution in [3.05, 3.63) is 52.3 Å². The Kier molecular flexibility index (Phi) is 4.19. The van der Waals surface area contributed by atoms with E-state index in [9.17, 15) is 0 Å². The van der Waals surface area contributed by atoms with Gasteiger partial charge in [-0.25, -0.2) is 0 Å². The maximum atomic E-state index is 5.96. The molecule has 2 atom stereocenters. The van der Waals surface area contributed by atoms with Crippen molar-refractivity contribution < 1.29 is 9.26 Å². The molecule has 1 saturated heterocycles. The number of ether oxygens (including phenoxy) is 1. The van der Waals surface area contributed by atoms with Gasteiger partial charge in [0.15, 0.2) is 0 Å². The number of benzene rings is 1. The average Bonchev–Trinajstić information content (AvgIpc) is 2.95. The predicted molar refractivity (Wildman–Crippen MR) is 79.2 cm³/mol. The van der Waals surface area contributed by atoms with E-state index in [1.165, 1.54) is 5.56 Å². The summed E-state index contributed by atoms with van der Waals surface area (Å²) in [5.74, 6) is 0. The van der Waals surface area contributed by atoms with E-state index < -0.39 is 0 Å². The summed E-state index contributed by atoms with van der Waals surface area (Å²) in [6.07, 6.45) is 1.72. The highest BCUT2D eigenvalue weighted by Crippen LogP contribution is 2.29. The normalized spacial score (nSPS) is 23.9. The van der Waals surface area contributed by atoms with Crippen molar-refractivity contribution in [1.29, 1.82) is 0 Å². The summed E-state index contributed by atoms with van der Waals surface area (Å²) in [5, 5.41) is 3.99. The van der Waals surface area contributed by atoms with Crippen LogP contribution >= 0.6 is 15.9 Å². The lowest BCUT2D eigenvalue weighted by atomic mass is 10.0. The third-order valence-electron chi connectivity index (χ3n) is 3.74. The van der Waals surface area contributed by atoms with Gasteiger partial charge in [-0.15, -0.1) is 0 Å². The molecule has 1 aromatic heterocycles. The minimum atomic E-state index is 0.101. The zero-order valence-electron chi connectivity index (χ0n) is 11.3. The van der Waals surface area contributed by atoms with Crippen LogP contribution in [0.4, 0.5) is 0 Å². The van der Waals surface area contributed by atoms with Gasteiger partial charge in [-0.3, -0.25) is 4.90 Å². The van der Waals surface area contributed by atoms with Gasteiger partial charge in [0.05, 0.1) is 18.4 Å². The van der Waals surface area contributed by atoms with E-state index in [0.29, 0.717) is 6.04 Å². The van der Waals surface area contributed by atoms with Crippen molar-refractivity contribution >= 4 is 15.9 Å². The van der Waals surface area contributed by atoms with Crippen LogP contribution in [-0.2, 0) is 11.3 Å². The first-order valence-corrected chi connectivity index (χ1v) is 7.54. The Hall–Kier alpha value is -1.17. The van der Waals surface area contributed by atoms with Gasteiger partial charge in [-0.05, 0) is 24.6 Å². The van der Waals surface area contributed by atoms with E-state index in [4.69, 9.17) is 9.26 Å². The van der Waals surface area contributed by atoms with Crippen molar-refractivity contribution in [2.75, 3.05) is 13.2 Å². The van der Waals surface area contributed by atoms with Crippen LogP contribution in [0.2, 0.25) is 0 Å². The standard InChI is InChI=1S/C15H17BrN2O2/c1-11-15(12-2-4-13(16)5-3-12)19-9-7-18(11)10-14-6-8-20-17-14/h2-6,8,11,15H,7,9-10H2,1H3/t11-,15+/m0/s1. The van der Waals surface area contributed by atoms with Gasteiger partial charge in [0.1, 0.15) is 6.26 Å². The minimum Gasteiger partial charge on any atom is -0.371 e. The summed E-state index contributed by atoms with van der Waals surface area (Å²) in [6, 6.07) is 10.6. The van der Waals surface area contributed by atoms with Crippen LogP contribution in [0.5, 0.6) is 0 Å². The molecule has 3 rings (SSSR count). The second-order valence-electron chi connectivity index (χ2n) is 5.04. The first-order valence-electron chi connectivity index (χ1n) is 6.74. The van der Waals surface area contributed by atoms with Crippen LogP contribution in [0.3, 0.4) is 0 Å². The van der Waals surface area contributed by atoms with Gasteiger partial charge >= 0.3 is 0 Å². The van der Waals surface area contributed by atoms with Crippen molar-refractivity contribution in [3.63, 3.8) is 0 Å². The van der Waals surface area contributed by atoms with Gasteiger partial charge in [-0.1, -0.05) is 33.2 Å². The molecule has 1 aliphatic heterocycles. The van der Waals surface area contributed by atoms with E-state index in [2.05, 4.69) is 57.2 Å². The van der Waals surface area contributed by atoms with Gasteiger partial charge in [-0.2, -0.15) is 0 Å². The van der Waals surface area contributed by atoms with Gasteiger partial charge in [0, 0.05) is 29.7 Å². The number of rotatable bonds is 3. The summed E-state index contributed by atoms with van der Waals surface area (Å²) in [5.41, 5.74) is 2.18. The molecule has 0 unspecified atom stereocenters. The SMILES string of the molecule is C[C@H]1[C@H](c2ccc(Br)cc2)OCCN1Cc1ccon1. The van der Waals surface area contributed by atoms with Gasteiger partial charge < -0.3 is 9.26 Å². The summed E-state index contributed by atoms with van der Waals surface area (Å²) >= 11 is 3.47. The number of morpholine rings is 1. The fourth-order valence-electron chi connectivity index (χ4n) is 2.61. The van der Waals surface area contributed by atoms with Crippen LogP contribution in [0.1, 0.15) is 24.3 Å². The Balaban J connectivity index is 1.74. The Bertz CT molecular complexity index is 542. The largest absolute Gasteiger partial charge is 0.371 e. The van der Waals surface area contributed by atoms with Crippen LogP contribution < -0.4 is 0 Å². The van der Waals surface area contributed by atoms with Crippen molar-refractivity contribution in [1.82, 2.24) is 10.1 Å². The highest BCUT2D eigenvalue weighted by atomic mass is 79.9. The molecule has 4 nitrogen and oxygen atoms in total. The number of aromatic nitrogens is 1. The lowest BCUT2D eigenvalue weighted by Gasteiger charge is -2.39. The fourth-order valence-corrected chi connectivity index (χ4v) is 2.87. The highest BCUT2D eigenvalue weighted by Gasteiger charge is 2.30. The van der Waals surface area contributed by atoms with Crippen LogP contribution in [-0.4, -0.2) is 29.3 Å². The Morgan fingerprint density at radius 2 is 2.10 bits per heavy atom. The molecule has 106 valence electrons. The van der Waals surface area contributed by atoms with Crippen molar-refractivity contribution in [2.45, 2.75) is 25.6 Å². The number of nitrogens with zero attached hydrogens (tertiary/aromatic N) is 2. The highest BCUT2D eigenvalue weighted by molar-refractivity contribution is 9.10. The molecule has 0 saturated carbocycles. The quantitative estimate of drug-likeness (QED) is 0.861. The lowest BCUT2D eigenvalue weighted by Crippen LogP contribution is -2.44. The van der Waals surface area contributed by atoms with Crippen LogP contribution in [0, 0.1) is 0 Å². The van der Waals surface area contributed by atoms with Crippen LogP contribution in [0.25, 0.3) is 0 Å². The smallest absolute Gasteiger partial charge is 0.124 e. The number of halogens is 1. The number of hydrogen-bond donors (Lipinski definition) is 0. The molecule has 2 aromatic rings. The molecule has 0 bridgehead atoms. The third-order valence-corrected chi connectivity index (χ3v) is 4.27. The van der Waals surface area contributed by atoms with Crippen molar-refractivity contribution in [2.24, 2.45) is 0 Å². The second kappa shape index (κ2) is 6.08. The molecule has 0 radical (unpaired) electrons. The Morgan fingerprint density at radius 3 is 2.80 bits per heavy atom. The Labute approximate surface area is 126 Å². The monoisotopic (exact) mass is 336 g/mol. The lowest BCUT2D eigenvalue weighted by molar-refractivity contribution is -0.0708. The maximum absolute atomic E-state index is 5.96. The molecule has 2 heterocycles. The summed E-state index contributed by atoms with van der Waals surface area (Å²) in [4.78, 5) is 2.38. The van der Waals surface area contributed by atoms with E-state index in [1.54, 1.807) is 6.26 Å². The average molecular weight is 337 g/mol. The van der Waals surface area contributed by atoms with E-state index in [0.717, 1.165) is 29.9 Å². The summed E-state index contributed by atoms with van der Waals surface area (Å²) in [6.45, 7) is 4.66. The summed E-state index contributed by atoms with van der Waals surface area (Å²) in [7, 11) is 0. The second-order valence-corrected chi connectivity index (χ2v) is 5.96. The zero-order valence-corrected chi connectivity index (χ0v) is 12.9. The first-order chi connectivity index (χ1) is 9.74. The van der Waals surface area contributed by atoms with Gasteiger partial charge in [0.2, 0.25) is 0 Å². The molecule has 1 aromatic carbocycles. The minimum absolute atomic E-state index is 0.101. The van der Waals surface area contributed by atoms with Gasteiger partial charge in [0.25, 0.3) is 0 Å². The molecule has 1 aliphatic rings. The molecule has 0 amide bonds. The Morgan fingerprint density at radius 1 is 1.30 bits per heavy atom. The van der Waals surface area contributed by atoms with Crippen molar-refractivity contribution in [3.8, 4) is 0 Å². The van der Waals surface area contributed by atoms with E-state index in [-0.39, 0.29) is 6.10 Å². The third kappa shape index (κ3) is 2.95. The number of hydrogen-bond acceptors (Lipinski definition) is 4. The molecule has 0 N–H and O–H groups in total. The zero-order chi connectivity index (χ0) is 13.9. The van der Waals surface area contributed by atoms with E-state index >= 15 is 0 Å². The summed E-state index contributed by atoms with van der Waals surface area (Å²) < 4.78 is 12.0. The fraction of sp³-hybridized carbons (Fsp3) is 0.400. The molecule has 5 heteroatoms. The molecular formula is C15H17BrN2O2. The first kappa shape index (κ1) is 13.8. The molecule has 0 spiro atoms. The molecular weight excluding hydrogens is 320 g/mol. The molecule has 1 fully saturated rings.